The van der Waals surface area contributed by atoms with Gasteiger partial charge in [0.1, 0.15) is 5.75 Å². The van der Waals surface area contributed by atoms with Crippen LogP contribution in [0.4, 0.5) is 5.69 Å². The number of rotatable bonds is 1. The summed E-state index contributed by atoms with van der Waals surface area (Å²) in [5.74, 6) is 7.75. The molecule has 2 N–H and O–H groups in total. The highest BCUT2D eigenvalue weighted by Gasteiger charge is 2.33. The van der Waals surface area contributed by atoms with E-state index in [1.165, 1.54) is 32.1 Å². The number of hydrogen-bond acceptors (Lipinski definition) is 3. The fourth-order valence-corrected chi connectivity index (χ4v) is 2.95. The number of fused-ring (bicyclic) bond motifs is 1. The molecule has 1 saturated carbocycles. The number of para-hydroxylation sites is 2. The first-order valence-corrected chi connectivity index (χ1v) is 6.49. The summed E-state index contributed by atoms with van der Waals surface area (Å²) in [6.07, 6.45) is 6.54. The molecule has 17 heavy (non-hydrogen) atoms. The summed E-state index contributed by atoms with van der Waals surface area (Å²) in [5, 5.41) is 1.88. The second-order valence-corrected chi connectivity index (χ2v) is 5.02. The van der Waals surface area contributed by atoms with Crippen LogP contribution in [0.3, 0.4) is 0 Å². The zero-order valence-electron chi connectivity index (χ0n) is 10.0. The van der Waals surface area contributed by atoms with Gasteiger partial charge in [-0.05, 0) is 30.9 Å². The minimum atomic E-state index is 0.227. The van der Waals surface area contributed by atoms with Crippen molar-refractivity contribution >= 4 is 5.69 Å². The molecule has 3 nitrogen and oxygen atoms in total. The molecule has 3 rings (SSSR count). The highest BCUT2D eigenvalue weighted by molar-refractivity contribution is 5.60. The Morgan fingerprint density at radius 3 is 2.71 bits per heavy atom. The Bertz CT molecular complexity index is 388. The van der Waals surface area contributed by atoms with Gasteiger partial charge in [0.25, 0.3) is 0 Å². The van der Waals surface area contributed by atoms with E-state index in [0.717, 1.165) is 11.4 Å². The molecular formula is C14H19N2O. The number of nitrogens with zero attached hydrogens (tertiary/aromatic N) is 1. The molecule has 1 fully saturated rings. The molecule has 1 atom stereocenters. The molecule has 1 aliphatic heterocycles. The van der Waals surface area contributed by atoms with Gasteiger partial charge in [-0.1, -0.05) is 31.4 Å². The van der Waals surface area contributed by atoms with Crippen LogP contribution in [-0.4, -0.2) is 6.04 Å². The van der Waals surface area contributed by atoms with Gasteiger partial charge in [0.05, 0.1) is 11.7 Å². The van der Waals surface area contributed by atoms with Crippen molar-refractivity contribution in [2.24, 2.45) is 11.8 Å². The lowest BCUT2D eigenvalue weighted by molar-refractivity contribution is 0.242. The smallest absolute Gasteiger partial charge is 0.160 e. The molecule has 0 bridgehead atoms. The molecule has 0 amide bonds. The van der Waals surface area contributed by atoms with Gasteiger partial charge in [0, 0.05) is 0 Å². The van der Waals surface area contributed by atoms with Crippen molar-refractivity contribution in [1.29, 1.82) is 0 Å². The van der Waals surface area contributed by atoms with Crippen molar-refractivity contribution in [3.63, 3.8) is 0 Å². The van der Waals surface area contributed by atoms with Crippen LogP contribution in [0.2, 0.25) is 0 Å². The molecule has 1 aromatic carbocycles. The van der Waals surface area contributed by atoms with Gasteiger partial charge in [-0.15, -0.1) is 0 Å². The topological polar surface area (TPSA) is 38.5 Å². The Morgan fingerprint density at radius 1 is 1.12 bits per heavy atom. The third-order valence-electron chi connectivity index (χ3n) is 3.93. The lowest BCUT2D eigenvalue weighted by Gasteiger charge is -2.40. The normalized spacial score (nSPS) is 25.2. The summed E-state index contributed by atoms with van der Waals surface area (Å²) in [7, 11) is 0. The van der Waals surface area contributed by atoms with E-state index in [1.807, 2.05) is 35.9 Å². The van der Waals surface area contributed by atoms with E-state index in [-0.39, 0.29) is 6.04 Å². The highest BCUT2D eigenvalue weighted by Crippen LogP contribution is 2.38. The second-order valence-electron chi connectivity index (χ2n) is 5.02. The van der Waals surface area contributed by atoms with E-state index in [0.29, 0.717) is 5.92 Å². The minimum Gasteiger partial charge on any atom is -0.482 e. The average molecular weight is 231 g/mol. The molecule has 0 aromatic heterocycles. The van der Waals surface area contributed by atoms with E-state index in [2.05, 4.69) is 0 Å². The molecule has 1 heterocycles. The van der Waals surface area contributed by atoms with E-state index < -0.39 is 0 Å². The maximum atomic E-state index is 6.24. The largest absolute Gasteiger partial charge is 0.482 e. The van der Waals surface area contributed by atoms with Crippen LogP contribution >= 0.6 is 0 Å². The Labute approximate surface area is 103 Å². The lowest BCUT2D eigenvalue weighted by atomic mass is 9.83. The van der Waals surface area contributed by atoms with Crippen LogP contribution in [-0.2, 0) is 0 Å². The van der Waals surface area contributed by atoms with Crippen LogP contribution in [0.25, 0.3) is 0 Å². The van der Waals surface area contributed by atoms with Gasteiger partial charge in [0.15, 0.2) is 6.61 Å². The molecular weight excluding hydrogens is 212 g/mol. The first-order valence-electron chi connectivity index (χ1n) is 6.49. The van der Waals surface area contributed by atoms with Gasteiger partial charge >= 0.3 is 0 Å². The third-order valence-corrected chi connectivity index (χ3v) is 3.93. The van der Waals surface area contributed by atoms with Crippen LogP contribution in [0.5, 0.6) is 5.75 Å². The quantitative estimate of drug-likeness (QED) is 0.755. The monoisotopic (exact) mass is 231 g/mol. The van der Waals surface area contributed by atoms with Crippen molar-refractivity contribution in [2.45, 2.75) is 38.1 Å². The van der Waals surface area contributed by atoms with Crippen LogP contribution in [0.1, 0.15) is 32.1 Å². The van der Waals surface area contributed by atoms with Crippen molar-refractivity contribution < 1.29 is 4.74 Å². The first kappa shape index (κ1) is 10.9. The molecule has 3 heteroatoms. The van der Waals surface area contributed by atoms with Crippen molar-refractivity contribution in [2.75, 3.05) is 5.01 Å². The van der Waals surface area contributed by atoms with Gasteiger partial charge < -0.3 is 9.75 Å². The molecule has 91 valence electrons. The van der Waals surface area contributed by atoms with Crippen LogP contribution < -0.4 is 15.6 Å². The fraction of sp³-hybridized carbons (Fsp3) is 0.500. The Balaban J connectivity index is 1.81. The predicted molar refractivity (Wildman–Crippen MR) is 68.4 cm³/mol. The van der Waals surface area contributed by atoms with Crippen molar-refractivity contribution in [3.05, 3.63) is 30.9 Å². The van der Waals surface area contributed by atoms with Crippen LogP contribution in [0.15, 0.2) is 24.3 Å². The molecule has 0 saturated heterocycles. The van der Waals surface area contributed by atoms with E-state index in [1.54, 1.807) is 0 Å². The molecule has 0 spiro atoms. The Kier molecular flexibility index (Phi) is 2.93. The zero-order valence-corrected chi connectivity index (χ0v) is 10.0. The Morgan fingerprint density at radius 2 is 1.88 bits per heavy atom. The molecule has 1 aromatic rings. The standard InChI is InChI=1S/C14H19N2O/c15-16-12-8-4-5-9-14(12)17-10-13(16)11-6-2-1-3-7-11/h4-5,8-11,13H,1-3,6-7,15H2/t13-/m0/s1. The van der Waals surface area contributed by atoms with Gasteiger partial charge in [-0.2, -0.15) is 0 Å². The zero-order chi connectivity index (χ0) is 11.7. The third kappa shape index (κ3) is 2.00. The summed E-state index contributed by atoms with van der Waals surface area (Å²) in [5.41, 5.74) is 1.01. The first-order chi connectivity index (χ1) is 8.36. The van der Waals surface area contributed by atoms with Gasteiger partial charge in [-0.25, -0.2) is 5.84 Å². The summed E-state index contributed by atoms with van der Waals surface area (Å²) in [6, 6.07) is 8.19. The summed E-state index contributed by atoms with van der Waals surface area (Å²) in [4.78, 5) is 0. The molecule has 0 unspecified atom stereocenters. The van der Waals surface area contributed by atoms with Gasteiger partial charge in [0.2, 0.25) is 0 Å². The second kappa shape index (κ2) is 4.57. The Hall–Kier alpha value is -1.22. The van der Waals surface area contributed by atoms with Crippen molar-refractivity contribution in [1.82, 2.24) is 0 Å². The maximum Gasteiger partial charge on any atom is 0.160 e. The highest BCUT2D eigenvalue weighted by atomic mass is 16.5. The SMILES string of the molecule is NN1c2ccccc2O[CH][C@H]1C1CCCCC1. The number of anilines is 1. The fourth-order valence-electron chi connectivity index (χ4n) is 2.95. The number of benzene rings is 1. The van der Waals surface area contributed by atoms with Crippen LogP contribution in [0, 0.1) is 12.5 Å². The van der Waals surface area contributed by atoms with E-state index in [4.69, 9.17) is 10.6 Å². The summed E-state index contributed by atoms with van der Waals surface area (Å²) in [6.45, 7) is 1.92. The van der Waals surface area contributed by atoms with Gasteiger partial charge in [-0.3, -0.25) is 0 Å². The van der Waals surface area contributed by atoms with E-state index >= 15 is 0 Å². The number of hydrogen-bond donors (Lipinski definition) is 1. The summed E-state index contributed by atoms with van der Waals surface area (Å²) < 4.78 is 5.71. The van der Waals surface area contributed by atoms with Crippen molar-refractivity contribution in [3.8, 4) is 5.75 Å². The lowest BCUT2D eigenvalue weighted by Crippen LogP contribution is -2.49. The van der Waals surface area contributed by atoms with E-state index in [9.17, 15) is 0 Å². The summed E-state index contributed by atoms with van der Waals surface area (Å²) >= 11 is 0. The molecule has 1 radical (unpaired) electrons. The predicted octanol–water partition coefficient (Wildman–Crippen LogP) is 2.87. The molecule has 2 aliphatic rings. The maximum absolute atomic E-state index is 6.24. The number of hydrazine groups is 1. The molecule has 1 aliphatic carbocycles. The average Bonchev–Trinajstić information content (AvgIpc) is 2.40. The number of ether oxygens (including phenoxy) is 1. The number of nitrogens with two attached hydrogens (primary N) is 1. The minimum absolute atomic E-state index is 0.227.